The lowest BCUT2D eigenvalue weighted by molar-refractivity contribution is 0.294. The van der Waals surface area contributed by atoms with Crippen LogP contribution in [0, 0.1) is 5.92 Å². The minimum absolute atomic E-state index is 0.567. The predicted octanol–water partition coefficient (Wildman–Crippen LogP) is 3.79. The van der Waals surface area contributed by atoms with Gasteiger partial charge in [0.05, 0.1) is 6.61 Å². The van der Waals surface area contributed by atoms with Gasteiger partial charge in [-0.3, -0.25) is 0 Å². The van der Waals surface area contributed by atoms with Crippen molar-refractivity contribution < 1.29 is 9.47 Å². The van der Waals surface area contributed by atoms with Crippen LogP contribution in [0.5, 0.6) is 11.5 Å². The lowest BCUT2D eigenvalue weighted by Gasteiger charge is -2.16. The van der Waals surface area contributed by atoms with Crippen LogP contribution < -0.4 is 14.8 Å². The van der Waals surface area contributed by atoms with Gasteiger partial charge in [-0.2, -0.15) is 0 Å². The zero-order chi connectivity index (χ0) is 14.8. The van der Waals surface area contributed by atoms with E-state index < -0.39 is 0 Å². The summed E-state index contributed by atoms with van der Waals surface area (Å²) in [5, 5.41) is 3.45. The summed E-state index contributed by atoms with van der Waals surface area (Å²) in [6.45, 7) is 11.4. The van der Waals surface area contributed by atoms with Crippen molar-refractivity contribution in [3.63, 3.8) is 0 Å². The SMILES string of the molecule is CC=CCOc1c(CNCC(C)C)cccc1OCC. The zero-order valence-electron chi connectivity index (χ0n) is 13.1. The van der Waals surface area contributed by atoms with E-state index in [9.17, 15) is 0 Å². The van der Waals surface area contributed by atoms with Crippen LogP contribution in [0.1, 0.15) is 33.3 Å². The van der Waals surface area contributed by atoms with E-state index in [1.165, 1.54) is 0 Å². The van der Waals surface area contributed by atoms with Crippen molar-refractivity contribution in [3.05, 3.63) is 35.9 Å². The monoisotopic (exact) mass is 277 g/mol. The molecular weight excluding hydrogens is 250 g/mol. The standard InChI is InChI=1S/C17H27NO2/c1-5-7-11-20-17-15(13-18-12-14(3)4)9-8-10-16(17)19-6-2/h5,7-10,14,18H,6,11-13H2,1-4H3. The summed E-state index contributed by atoms with van der Waals surface area (Å²) < 4.78 is 11.5. The van der Waals surface area contributed by atoms with Gasteiger partial charge < -0.3 is 14.8 Å². The predicted molar refractivity (Wildman–Crippen MR) is 84.5 cm³/mol. The fourth-order valence-corrected chi connectivity index (χ4v) is 1.86. The van der Waals surface area contributed by atoms with Crippen LogP contribution in [0.4, 0.5) is 0 Å². The minimum atomic E-state index is 0.567. The molecule has 1 rings (SSSR count). The Labute approximate surface area is 123 Å². The molecule has 1 N–H and O–H groups in total. The highest BCUT2D eigenvalue weighted by molar-refractivity contribution is 5.46. The second-order valence-corrected chi connectivity index (χ2v) is 5.08. The number of nitrogens with one attached hydrogen (secondary N) is 1. The molecule has 0 saturated carbocycles. The average molecular weight is 277 g/mol. The van der Waals surface area contributed by atoms with E-state index in [4.69, 9.17) is 9.47 Å². The van der Waals surface area contributed by atoms with E-state index in [-0.39, 0.29) is 0 Å². The van der Waals surface area contributed by atoms with Crippen molar-refractivity contribution in [2.24, 2.45) is 5.92 Å². The first-order valence-electron chi connectivity index (χ1n) is 7.38. The van der Waals surface area contributed by atoms with Crippen LogP contribution in [-0.2, 0) is 6.54 Å². The van der Waals surface area contributed by atoms with Crippen LogP contribution in [0.25, 0.3) is 0 Å². The molecule has 0 heterocycles. The summed E-state index contributed by atoms with van der Waals surface area (Å²) in [6.07, 6.45) is 3.98. The van der Waals surface area contributed by atoms with E-state index in [0.29, 0.717) is 19.1 Å². The second kappa shape index (κ2) is 9.43. The van der Waals surface area contributed by atoms with E-state index in [1.54, 1.807) is 0 Å². The Kier molecular flexibility index (Phi) is 7.81. The van der Waals surface area contributed by atoms with Crippen LogP contribution in [0.2, 0.25) is 0 Å². The lowest BCUT2D eigenvalue weighted by atomic mass is 10.1. The van der Waals surface area contributed by atoms with E-state index in [2.05, 4.69) is 25.2 Å². The summed E-state index contributed by atoms with van der Waals surface area (Å²) in [6, 6.07) is 6.06. The Bertz CT molecular complexity index is 413. The Hall–Kier alpha value is -1.48. The summed E-state index contributed by atoms with van der Waals surface area (Å²) >= 11 is 0. The second-order valence-electron chi connectivity index (χ2n) is 5.08. The van der Waals surface area contributed by atoms with E-state index in [0.717, 1.165) is 30.2 Å². The number of hydrogen-bond donors (Lipinski definition) is 1. The third-order valence-corrected chi connectivity index (χ3v) is 2.79. The largest absolute Gasteiger partial charge is 0.490 e. The molecule has 0 fully saturated rings. The van der Waals surface area contributed by atoms with Gasteiger partial charge in [0.25, 0.3) is 0 Å². The zero-order valence-corrected chi connectivity index (χ0v) is 13.1. The molecule has 1 aromatic rings. The summed E-state index contributed by atoms with van der Waals surface area (Å²) in [5.74, 6) is 2.31. The molecule has 0 aliphatic heterocycles. The van der Waals surface area contributed by atoms with Crippen molar-refractivity contribution in [2.45, 2.75) is 34.2 Å². The van der Waals surface area contributed by atoms with Gasteiger partial charge in [-0.15, -0.1) is 0 Å². The molecule has 0 aliphatic rings. The van der Waals surface area contributed by atoms with Gasteiger partial charge in [-0.05, 0) is 32.4 Å². The minimum Gasteiger partial charge on any atom is -0.490 e. The Morgan fingerprint density at radius 2 is 2.05 bits per heavy atom. The van der Waals surface area contributed by atoms with Gasteiger partial charge in [-0.25, -0.2) is 0 Å². The quantitative estimate of drug-likeness (QED) is 0.697. The van der Waals surface area contributed by atoms with Crippen molar-refractivity contribution in [1.82, 2.24) is 5.32 Å². The van der Waals surface area contributed by atoms with Gasteiger partial charge in [0.15, 0.2) is 11.5 Å². The molecule has 0 aliphatic carbocycles. The molecule has 0 unspecified atom stereocenters. The third-order valence-electron chi connectivity index (χ3n) is 2.79. The average Bonchev–Trinajstić information content (AvgIpc) is 2.41. The van der Waals surface area contributed by atoms with Crippen LogP contribution in [0.3, 0.4) is 0 Å². The van der Waals surface area contributed by atoms with Gasteiger partial charge in [0.2, 0.25) is 0 Å². The highest BCUT2D eigenvalue weighted by atomic mass is 16.5. The molecule has 0 radical (unpaired) electrons. The molecule has 0 bridgehead atoms. The first kappa shape index (κ1) is 16.6. The number of ether oxygens (including phenoxy) is 2. The fourth-order valence-electron chi connectivity index (χ4n) is 1.86. The van der Waals surface area contributed by atoms with Crippen molar-refractivity contribution >= 4 is 0 Å². The van der Waals surface area contributed by atoms with Crippen molar-refractivity contribution in [2.75, 3.05) is 19.8 Å². The first-order chi connectivity index (χ1) is 9.69. The molecule has 20 heavy (non-hydrogen) atoms. The maximum Gasteiger partial charge on any atom is 0.166 e. The Morgan fingerprint density at radius 3 is 2.70 bits per heavy atom. The number of rotatable bonds is 9. The molecule has 0 aromatic heterocycles. The Balaban J connectivity index is 2.80. The topological polar surface area (TPSA) is 30.5 Å². The van der Waals surface area contributed by atoms with Crippen molar-refractivity contribution in [1.29, 1.82) is 0 Å². The highest BCUT2D eigenvalue weighted by Crippen LogP contribution is 2.31. The molecule has 3 heteroatoms. The fraction of sp³-hybridized carbons (Fsp3) is 0.529. The van der Waals surface area contributed by atoms with Crippen LogP contribution >= 0.6 is 0 Å². The van der Waals surface area contributed by atoms with Gasteiger partial charge in [0, 0.05) is 12.1 Å². The molecule has 3 nitrogen and oxygen atoms in total. The summed E-state index contributed by atoms with van der Waals surface area (Å²) in [4.78, 5) is 0. The van der Waals surface area contributed by atoms with Gasteiger partial charge >= 0.3 is 0 Å². The van der Waals surface area contributed by atoms with Gasteiger partial charge in [0.1, 0.15) is 6.61 Å². The maximum atomic E-state index is 5.87. The molecule has 1 aromatic carbocycles. The maximum absolute atomic E-state index is 5.87. The Morgan fingerprint density at radius 1 is 1.25 bits per heavy atom. The molecule has 0 spiro atoms. The van der Waals surface area contributed by atoms with Gasteiger partial charge in [-0.1, -0.05) is 38.1 Å². The third kappa shape index (κ3) is 5.66. The highest BCUT2D eigenvalue weighted by Gasteiger charge is 2.10. The first-order valence-corrected chi connectivity index (χ1v) is 7.38. The number of hydrogen-bond acceptors (Lipinski definition) is 3. The molecule has 0 saturated heterocycles. The lowest BCUT2D eigenvalue weighted by Crippen LogP contribution is -2.19. The molecular formula is C17H27NO2. The number of allylic oxidation sites excluding steroid dienone is 1. The van der Waals surface area contributed by atoms with Crippen LogP contribution in [0.15, 0.2) is 30.4 Å². The van der Waals surface area contributed by atoms with Crippen molar-refractivity contribution in [3.8, 4) is 11.5 Å². The summed E-state index contributed by atoms with van der Waals surface area (Å²) in [5.41, 5.74) is 1.14. The van der Waals surface area contributed by atoms with Crippen LogP contribution in [-0.4, -0.2) is 19.8 Å². The van der Waals surface area contributed by atoms with E-state index >= 15 is 0 Å². The molecule has 0 atom stereocenters. The number of benzene rings is 1. The smallest absolute Gasteiger partial charge is 0.166 e. The number of para-hydroxylation sites is 1. The summed E-state index contributed by atoms with van der Waals surface area (Å²) in [7, 11) is 0. The normalized spacial score (nSPS) is 11.2. The van der Waals surface area contributed by atoms with E-state index in [1.807, 2.05) is 38.1 Å². The molecule has 112 valence electrons. The molecule has 0 amide bonds.